The smallest absolute Gasteiger partial charge is 0.259 e. The minimum atomic E-state index is -0.0134. The molecule has 1 aliphatic heterocycles. The summed E-state index contributed by atoms with van der Waals surface area (Å²) in [7, 11) is 0. The molecule has 27 heavy (non-hydrogen) atoms. The molecule has 5 nitrogen and oxygen atoms in total. The first-order valence-corrected chi connectivity index (χ1v) is 10.9. The van der Waals surface area contributed by atoms with Crippen LogP contribution < -0.4 is 5.56 Å². The van der Waals surface area contributed by atoms with Crippen LogP contribution in [-0.2, 0) is 25.1 Å². The van der Waals surface area contributed by atoms with Gasteiger partial charge in [-0.1, -0.05) is 30.3 Å². The number of H-pyrrole nitrogens is 1. The second-order valence-electron chi connectivity index (χ2n) is 6.63. The van der Waals surface area contributed by atoms with Gasteiger partial charge in [0.15, 0.2) is 0 Å². The third kappa shape index (κ3) is 3.21. The van der Waals surface area contributed by atoms with Crippen molar-refractivity contribution >= 4 is 33.3 Å². The molecule has 0 atom stereocenters. The van der Waals surface area contributed by atoms with Crippen LogP contribution in [0.2, 0.25) is 0 Å². The molecule has 136 valence electrons. The highest BCUT2D eigenvalue weighted by Crippen LogP contribution is 2.35. The average molecular weight is 395 g/mol. The topological polar surface area (TPSA) is 63.6 Å². The normalized spacial score (nSPS) is 13.8. The Labute approximate surface area is 164 Å². The van der Waals surface area contributed by atoms with Gasteiger partial charge in [-0.2, -0.15) is 11.8 Å². The van der Waals surface area contributed by atoms with Crippen molar-refractivity contribution in [3.63, 3.8) is 0 Å². The zero-order valence-electron chi connectivity index (χ0n) is 14.6. The maximum Gasteiger partial charge on any atom is 0.259 e. The molecule has 0 spiro atoms. The number of aromatic nitrogens is 4. The monoisotopic (exact) mass is 394 g/mol. The lowest BCUT2D eigenvalue weighted by Crippen LogP contribution is -2.15. The third-order valence-electron chi connectivity index (χ3n) is 4.85. The molecule has 0 fully saturated rings. The molecule has 0 aliphatic carbocycles. The number of benzene rings is 1. The summed E-state index contributed by atoms with van der Waals surface area (Å²) in [5.41, 5.74) is 2.41. The number of aromatic amines is 1. The largest absolute Gasteiger partial charge is 0.330 e. The average Bonchev–Trinajstić information content (AvgIpc) is 3.26. The Morgan fingerprint density at radius 3 is 3.00 bits per heavy atom. The van der Waals surface area contributed by atoms with Crippen LogP contribution in [0.1, 0.15) is 27.7 Å². The van der Waals surface area contributed by atoms with Crippen molar-refractivity contribution in [1.82, 2.24) is 19.5 Å². The quantitative estimate of drug-likeness (QED) is 0.574. The summed E-state index contributed by atoms with van der Waals surface area (Å²) < 4.78 is 2.11. The minimum absolute atomic E-state index is 0.0134. The zero-order valence-corrected chi connectivity index (χ0v) is 16.3. The lowest BCUT2D eigenvalue weighted by molar-refractivity contribution is 0.728. The van der Waals surface area contributed by atoms with Crippen LogP contribution in [0.5, 0.6) is 0 Å². The fraction of sp³-hybridized carbons (Fsp3) is 0.250. The standard InChI is InChI=1S/C20H18N4OS2/c25-19-18-14-6-9-26-12-15(14)27-20(18)23-16(22-19)10-17-21-7-8-24(17)11-13-4-2-1-3-5-13/h1-5,7-8H,6,9-12H2,(H,22,23,25). The Kier molecular flexibility index (Phi) is 4.33. The van der Waals surface area contributed by atoms with Crippen molar-refractivity contribution in [2.24, 2.45) is 0 Å². The molecule has 4 heterocycles. The molecule has 0 saturated carbocycles. The predicted molar refractivity (Wildman–Crippen MR) is 111 cm³/mol. The molecule has 1 aromatic carbocycles. The summed E-state index contributed by atoms with van der Waals surface area (Å²) in [6.07, 6.45) is 5.25. The summed E-state index contributed by atoms with van der Waals surface area (Å²) in [4.78, 5) is 27.1. The number of thiophene rings is 1. The van der Waals surface area contributed by atoms with Gasteiger partial charge >= 0.3 is 0 Å². The first-order valence-electron chi connectivity index (χ1n) is 8.93. The van der Waals surface area contributed by atoms with E-state index < -0.39 is 0 Å². The van der Waals surface area contributed by atoms with Crippen LogP contribution in [0.25, 0.3) is 10.2 Å². The fourth-order valence-electron chi connectivity index (χ4n) is 3.54. The maximum absolute atomic E-state index is 12.7. The molecular weight excluding hydrogens is 376 g/mol. The number of hydrogen-bond acceptors (Lipinski definition) is 5. The molecule has 3 aromatic heterocycles. The third-order valence-corrected chi connectivity index (χ3v) is 7.14. The molecule has 0 amide bonds. The van der Waals surface area contributed by atoms with E-state index >= 15 is 0 Å². The van der Waals surface area contributed by atoms with Gasteiger partial charge in [0, 0.05) is 29.6 Å². The second-order valence-corrected chi connectivity index (χ2v) is 8.82. The van der Waals surface area contributed by atoms with E-state index in [0.29, 0.717) is 12.2 Å². The maximum atomic E-state index is 12.7. The Morgan fingerprint density at radius 1 is 1.22 bits per heavy atom. The highest BCUT2D eigenvalue weighted by molar-refractivity contribution is 7.98. The number of nitrogens with one attached hydrogen (secondary N) is 1. The Morgan fingerprint density at radius 2 is 2.11 bits per heavy atom. The van der Waals surface area contributed by atoms with Gasteiger partial charge in [0.25, 0.3) is 5.56 Å². The Hall–Kier alpha value is -2.38. The van der Waals surface area contributed by atoms with E-state index in [-0.39, 0.29) is 5.56 Å². The van der Waals surface area contributed by atoms with Crippen LogP contribution in [0, 0.1) is 0 Å². The number of nitrogens with zero attached hydrogens (tertiary/aromatic N) is 3. The van der Waals surface area contributed by atoms with Crippen LogP contribution in [0.3, 0.4) is 0 Å². The summed E-state index contributed by atoms with van der Waals surface area (Å²) in [5.74, 6) is 3.65. The summed E-state index contributed by atoms with van der Waals surface area (Å²) in [6, 6.07) is 10.3. The lowest BCUT2D eigenvalue weighted by atomic mass is 10.1. The summed E-state index contributed by atoms with van der Waals surface area (Å²) in [6.45, 7) is 0.757. The number of thioether (sulfide) groups is 1. The number of rotatable bonds is 4. The van der Waals surface area contributed by atoms with Crippen molar-refractivity contribution in [2.45, 2.75) is 25.1 Å². The van der Waals surface area contributed by atoms with E-state index in [1.54, 1.807) is 17.5 Å². The molecular formula is C20H18N4OS2. The highest BCUT2D eigenvalue weighted by Gasteiger charge is 2.20. The van der Waals surface area contributed by atoms with Crippen LogP contribution in [0.4, 0.5) is 0 Å². The van der Waals surface area contributed by atoms with Crippen molar-refractivity contribution in [3.05, 3.63) is 80.7 Å². The van der Waals surface area contributed by atoms with E-state index in [4.69, 9.17) is 4.98 Å². The summed E-state index contributed by atoms with van der Waals surface area (Å²) >= 11 is 3.59. The summed E-state index contributed by atoms with van der Waals surface area (Å²) in [5, 5.41) is 0.798. The predicted octanol–water partition coefficient (Wildman–Crippen LogP) is 3.61. The van der Waals surface area contributed by atoms with E-state index in [1.165, 1.54) is 16.0 Å². The highest BCUT2D eigenvalue weighted by atomic mass is 32.2. The van der Waals surface area contributed by atoms with Gasteiger partial charge in [-0.3, -0.25) is 4.79 Å². The van der Waals surface area contributed by atoms with Gasteiger partial charge < -0.3 is 9.55 Å². The molecule has 1 N–H and O–H groups in total. The number of aryl methyl sites for hydroxylation is 1. The van der Waals surface area contributed by atoms with Crippen molar-refractivity contribution < 1.29 is 0 Å². The fourth-order valence-corrected chi connectivity index (χ4v) is 5.91. The minimum Gasteiger partial charge on any atom is -0.330 e. The number of fused-ring (bicyclic) bond motifs is 3. The SMILES string of the molecule is O=c1[nH]c(Cc2nccn2Cc2ccccc2)nc2sc3c(c12)CCSC3. The number of hydrogen-bond donors (Lipinski definition) is 1. The van der Waals surface area contributed by atoms with E-state index in [9.17, 15) is 4.79 Å². The first-order chi connectivity index (χ1) is 13.3. The molecule has 0 radical (unpaired) electrons. The molecule has 0 bridgehead atoms. The second kappa shape index (κ2) is 6.98. The molecule has 1 aliphatic rings. The van der Waals surface area contributed by atoms with Gasteiger partial charge in [-0.25, -0.2) is 9.97 Å². The van der Waals surface area contributed by atoms with Crippen molar-refractivity contribution in [2.75, 3.05) is 5.75 Å². The van der Waals surface area contributed by atoms with E-state index in [1.807, 2.05) is 36.2 Å². The van der Waals surface area contributed by atoms with Crippen LogP contribution >= 0.6 is 23.1 Å². The van der Waals surface area contributed by atoms with Crippen LogP contribution in [-0.4, -0.2) is 25.3 Å². The molecule has 5 rings (SSSR count). The van der Waals surface area contributed by atoms with Gasteiger partial charge in [0.1, 0.15) is 16.5 Å². The first kappa shape index (κ1) is 16.8. The molecule has 7 heteroatoms. The van der Waals surface area contributed by atoms with Gasteiger partial charge in [0.2, 0.25) is 0 Å². The van der Waals surface area contributed by atoms with E-state index in [0.717, 1.165) is 40.5 Å². The van der Waals surface area contributed by atoms with Crippen molar-refractivity contribution in [1.29, 1.82) is 0 Å². The Bertz CT molecular complexity index is 1160. The van der Waals surface area contributed by atoms with E-state index in [2.05, 4.69) is 26.7 Å². The van der Waals surface area contributed by atoms with Gasteiger partial charge in [-0.05, 0) is 23.3 Å². The van der Waals surface area contributed by atoms with Gasteiger partial charge in [0.05, 0.1) is 11.8 Å². The zero-order chi connectivity index (χ0) is 18.2. The van der Waals surface area contributed by atoms with Crippen LogP contribution in [0.15, 0.2) is 47.5 Å². The molecule has 0 unspecified atom stereocenters. The Balaban J connectivity index is 1.47. The number of imidazole rings is 1. The lowest BCUT2D eigenvalue weighted by Gasteiger charge is -2.09. The molecule has 0 saturated heterocycles. The molecule has 4 aromatic rings. The van der Waals surface area contributed by atoms with Gasteiger partial charge in [-0.15, -0.1) is 11.3 Å². The van der Waals surface area contributed by atoms with Crippen molar-refractivity contribution in [3.8, 4) is 0 Å².